The molecule has 0 fully saturated rings. The molecule has 0 heterocycles. The zero-order valence-electron chi connectivity index (χ0n) is 9.28. The first-order valence-electron chi connectivity index (χ1n) is 5.08. The minimum atomic E-state index is -0.660. The van der Waals surface area contributed by atoms with Crippen LogP contribution in [-0.2, 0) is 0 Å². The molecular weight excluding hydrogens is 307 g/mol. The van der Waals surface area contributed by atoms with Crippen LogP contribution >= 0.6 is 27.5 Å². The van der Waals surface area contributed by atoms with Crippen LogP contribution in [0.25, 0.3) is 0 Å². The van der Waals surface area contributed by atoms with E-state index < -0.39 is 12.1 Å². The Morgan fingerprint density at radius 3 is 2.82 bits per heavy atom. The molecule has 2 atom stereocenters. The van der Waals surface area contributed by atoms with E-state index in [0.717, 1.165) is 0 Å². The molecule has 17 heavy (non-hydrogen) atoms. The maximum Gasteiger partial charge on any atom is 0.251 e. The number of halogens is 2. The highest BCUT2D eigenvalue weighted by Crippen LogP contribution is 2.23. The highest BCUT2D eigenvalue weighted by Gasteiger charge is 2.12. The van der Waals surface area contributed by atoms with Crippen LogP contribution in [0, 0.1) is 0 Å². The van der Waals surface area contributed by atoms with Crippen molar-refractivity contribution < 1.29 is 9.90 Å². The van der Waals surface area contributed by atoms with E-state index in [-0.39, 0.29) is 12.5 Å². The Bertz CT molecular complexity index is 412. The summed E-state index contributed by atoms with van der Waals surface area (Å²) in [6.45, 7) is 1.80. The number of aliphatic hydroxyl groups is 1. The lowest BCUT2D eigenvalue weighted by Gasteiger charge is -2.15. The molecule has 6 heteroatoms. The zero-order valence-corrected chi connectivity index (χ0v) is 11.6. The van der Waals surface area contributed by atoms with Crippen molar-refractivity contribution >= 4 is 33.4 Å². The highest BCUT2D eigenvalue weighted by molar-refractivity contribution is 9.10. The Hall–Kier alpha value is -0.620. The SMILES string of the molecule is CC(O)C(N)CNC(=O)c1ccc(Cl)c(Br)c1. The summed E-state index contributed by atoms with van der Waals surface area (Å²) in [5, 5.41) is 12.4. The highest BCUT2D eigenvalue weighted by atomic mass is 79.9. The summed E-state index contributed by atoms with van der Waals surface area (Å²) in [6, 6.07) is 4.41. The number of nitrogens with two attached hydrogens (primary N) is 1. The van der Waals surface area contributed by atoms with E-state index in [1.807, 2.05) is 0 Å². The van der Waals surface area contributed by atoms with Gasteiger partial charge in [-0.05, 0) is 41.1 Å². The first-order chi connectivity index (χ1) is 7.91. The van der Waals surface area contributed by atoms with Crippen LogP contribution in [-0.4, -0.2) is 29.7 Å². The van der Waals surface area contributed by atoms with Gasteiger partial charge in [0.25, 0.3) is 5.91 Å². The number of carbonyl (C=O) groups is 1. The fourth-order valence-corrected chi connectivity index (χ4v) is 1.62. The average Bonchev–Trinajstić information content (AvgIpc) is 2.28. The molecule has 0 aromatic heterocycles. The van der Waals surface area contributed by atoms with Crippen molar-refractivity contribution in [2.45, 2.75) is 19.1 Å². The summed E-state index contributed by atoms with van der Waals surface area (Å²) in [5.41, 5.74) is 6.09. The van der Waals surface area contributed by atoms with Crippen LogP contribution in [0.3, 0.4) is 0 Å². The average molecular weight is 322 g/mol. The van der Waals surface area contributed by atoms with E-state index in [1.165, 1.54) is 0 Å². The predicted octanol–water partition coefficient (Wildman–Crippen LogP) is 1.54. The maximum absolute atomic E-state index is 11.7. The van der Waals surface area contributed by atoms with E-state index in [2.05, 4.69) is 21.2 Å². The third-order valence-electron chi connectivity index (χ3n) is 2.30. The molecule has 0 saturated carbocycles. The molecule has 1 aromatic carbocycles. The minimum Gasteiger partial charge on any atom is -0.392 e. The van der Waals surface area contributed by atoms with Crippen molar-refractivity contribution in [2.24, 2.45) is 5.73 Å². The van der Waals surface area contributed by atoms with Gasteiger partial charge >= 0.3 is 0 Å². The second-order valence-electron chi connectivity index (χ2n) is 3.74. The van der Waals surface area contributed by atoms with E-state index in [4.69, 9.17) is 17.3 Å². The standard InChI is InChI=1S/C11H14BrClN2O2/c1-6(16)10(14)5-15-11(17)7-2-3-9(13)8(12)4-7/h2-4,6,10,16H,5,14H2,1H3,(H,15,17). The minimum absolute atomic E-state index is 0.219. The number of hydrogen-bond acceptors (Lipinski definition) is 3. The largest absolute Gasteiger partial charge is 0.392 e. The smallest absolute Gasteiger partial charge is 0.251 e. The van der Waals surface area contributed by atoms with Gasteiger partial charge in [-0.15, -0.1) is 0 Å². The van der Waals surface area contributed by atoms with Crippen molar-refractivity contribution in [2.75, 3.05) is 6.54 Å². The Morgan fingerprint density at radius 1 is 1.65 bits per heavy atom. The topological polar surface area (TPSA) is 75.3 Å². The van der Waals surface area contributed by atoms with E-state index in [0.29, 0.717) is 15.1 Å². The van der Waals surface area contributed by atoms with Gasteiger partial charge in [0, 0.05) is 22.6 Å². The van der Waals surface area contributed by atoms with Crippen LogP contribution in [0.5, 0.6) is 0 Å². The lowest BCUT2D eigenvalue weighted by molar-refractivity contribution is 0.0937. The number of hydrogen-bond donors (Lipinski definition) is 3. The van der Waals surface area contributed by atoms with Crippen LogP contribution in [0.15, 0.2) is 22.7 Å². The lowest BCUT2D eigenvalue weighted by atomic mass is 10.2. The lowest BCUT2D eigenvalue weighted by Crippen LogP contribution is -2.43. The van der Waals surface area contributed by atoms with E-state index >= 15 is 0 Å². The number of aliphatic hydroxyl groups excluding tert-OH is 1. The normalized spacial score (nSPS) is 14.2. The number of benzene rings is 1. The molecular formula is C11H14BrClN2O2. The molecule has 0 saturated heterocycles. The molecule has 0 aliphatic rings. The third-order valence-corrected chi connectivity index (χ3v) is 3.51. The summed E-state index contributed by atoms with van der Waals surface area (Å²) in [6.07, 6.45) is -0.660. The predicted molar refractivity (Wildman–Crippen MR) is 71.1 cm³/mol. The second kappa shape index (κ2) is 6.35. The molecule has 1 aromatic rings. The maximum atomic E-state index is 11.7. The molecule has 4 nitrogen and oxygen atoms in total. The van der Waals surface area contributed by atoms with E-state index in [9.17, 15) is 9.90 Å². The van der Waals surface area contributed by atoms with Crippen molar-refractivity contribution in [3.63, 3.8) is 0 Å². The van der Waals surface area contributed by atoms with Crippen LogP contribution in [0.2, 0.25) is 5.02 Å². The number of nitrogens with one attached hydrogen (secondary N) is 1. The van der Waals surface area contributed by atoms with Gasteiger partial charge in [0.2, 0.25) is 0 Å². The molecule has 1 rings (SSSR count). The molecule has 2 unspecified atom stereocenters. The second-order valence-corrected chi connectivity index (χ2v) is 5.00. The van der Waals surface area contributed by atoms with Gasteiger partial charge in [-0.1, -0.05) is 11.6 Å². The first kappa shape index (κ1) is 14.4. The van der Waals surface area contributed by atoms with Crippen molar-refractivity contribution in [1.82, 2.24) is 5.32 Å². The molecule has 1 amide bonds. The number of carbonyl (C=O) groups excluding carboxylic acids is 1. The summed E-state index contributed by atoms with van der Waals surface area (Å²) in [4.78, 5) is 11.7. The van der Waals surface area contributed by atoms with Gasteiger partial charge < -0.3 is 16.2 Å². The van der Waals surface area contributed by atoms with Gasteiger partial charge in [-0.3, -0.25) is 4.79 Å². The van der Waals surface area contributed by atoms with Gasteiger partial charge in [-0.25, -0.2) is 0 Å². The Labute approximate surface area is 113 Å². The Kier molecular flexibility index (Phi) is 5.39. The van der Waals surface area contributed by atoms with E-state index in [1.54, 1.807) is 25.1 Å². The van der Waals surface area contributed by atoms with Crippen LogP contribution in [0.4, 0.5) is 0 Å². The molecule has 0 aliphatic heterocycles. The first-order valence-corrected chi connectivity index (χ1v) is 6.26. The van der Waals surface area contributed by atoms with Crippen molar-refractivity contribution in [1.29, 1.82) is 0 Å². The molecule has 0 spiro atoms. The number of amides is 1. The van der Waals surface area contributed by atoms with Crippen LogP contribution < -0.4 is 11.1 Å². The Morgan fingerprint density at radius 2 is 2.29 bits per heavy atom. The molecule has 0 aliphatic carbocycles. The molecule has 4 N–H and O–H groups in total. The quantitative estimate of drug-likeness (QED) is 0.787. The monoisotopic (exact) mass is 320 g/mol. The number of rotatable bonds is 4. The van der Waals surface area contributed by atoms with Crippen molar-refractivity contribution in [3.05, 3.63) is 33.3 Å². The van der Waals surface area contributed by atoms with Gasteiger partial charge in [0.05, 0.1) is 11.1 Å². The molecule has 94 valence electrons. The Balaban J connectivity index is 2.61. The van der Waals surface area contributed by atoms with Gasteiger partial charge in [0.1, 0.15) is 0 Å². The van der Waals surface area contributed by atoms with Crippen molar-refractivity contribution in [3.8, 4) is 0 Å². The van der Waals surface area contributed by atoms with Crippen LogP contribution in [0.1, 0.15) is 17.3 Å². The fraction of sp³-hybridized carbons (Fsp3) is 0.364. The summed E-state index contributed by atoms with van der Waals surface area (Å²) in [5.74, 6) is -0.251. The molecule has 0 bridgehead atoms. The van der Waals surface area contributed by atoms with Gasteiger partial charge in [0.15, 0.2) is 0 Å². The third kappa shape index (κ3) is 4.27. The molecule has 0 radical (unpaired) electrons. The van der Waals surface area contributed by atoms with Gasteiger partial charge in [-0.2, -0.15) is 0 Å². The fourth-order valence-electron chi connectivity index (χ4n) is 1.12. The summed E-state index contributed by atoms with van der Waals surface area (Å²) < 4.78 is 0.659. The summed E-state index contributed by atoms with van der Waals surface area (Å²) >= 11 is 9.06. The summed E-state index contributed by atoms with van der Waals surface area (Å²) in [7, 11) is 0. The zero-order chi connectivity index (χ0) is 13.0.